The second kappa shape index (κ2) is 6.78. The van der Waals surface area contributed by atoms with Crippen molar-refractivity contribution in [2.75, 3.05) is 11.1 Å². The zero-order valence-electron chi connectivity index (χ0n) is 14.2. The number of halogens is 1. The number of aromatic amines is 1. The topological polar surface area (TPSA) is 135 Å². The van der Waals surface area contributed by atoms with E-state index in [1.54, 1.807) is 23.3 Å². The van der Waals surface area contributed by atoms with Gasteiger partial charge in [0, 0.05) is 24.3 Å². The van der Waals surface area contributed by atoms with Gasteiger partial charge in [0.15, 0.2) is 0 Å². The van der Waals surface area contributed by atoms with Gasteiger partial charge in [-0.2, -0.15) is 10.2 Å². The molecule has 10 heteroatoms. The monoisotopic (exact) mass is 383 g/mol. The molecule has 1 atom stereocenters. The molecule has 1 aromatic carbocycles. The van der Waals surface area contributed by atoms with Crippen LogP contribution in [0.5, 0.6) is 0 Å². The second-order valence-corrected chi connectivity index (χ2v) is 6.56. The minimum atomic E-state index is -1.19. The molecule has 3 heterocycles. The highest BCUT2D eigenvalue weighted by Gasteiger charge is 2.32. The van der Waals surface area contributed by atoms with E-state index in [0.29, 0.717) is 23.0 Å². The summed E-state index contributed by atoms with van der Waals surface area (Å²) in [4.78, 5) is 4.34. The van der Waals surface area contributed by atoms with Gasteiger partial charge in [-0.15, -0.1) is 0 Å². The van der Waals surface area contributed by atoms with Crippen molar-refractivity contribution in [3.8, 4) is 0 Å². The second-order valence-electron chi connectivity index (χ2n) is 6.15. The molecule has 0 saturated carbocycles. The Morgan fingerprint density at radius 1 is 1.22 bits per heavy atom. The lowest BCUT2D eigenvalue weighted by Crippen LogP contribution is -2.51. The van der Waals surface area contributed by atoms with E-state index < -0.39 is 5.79 Å². The molecule has 0 bridgehead atoms. The Morgan fingerprint density at radius 2 is 2.04 bits per heavy atom. The number of nitrogens with zero attached hydrogens (tertiary/aromatic N) is 4. The highest BCUT2D eigenvalue weighted by molar-refractivity contribution is 6.40. The van der Waals surface area contributed by atoms with Gasteiger partial charge in [-0.1, -0.05) is 23.7 Å². The van der Waals surface area contributed by atoms with Crippen molar-refractivity contribution >= 4 is 29.2 Å². The first-order valence-electron chi connectivity index (χ1n) is 8.17. The molecule has 3 aromatic rings. The van der Waals surface area contributed by atoms with Gasteiger partial charge in [0.2, 0.25) is 5.79 Å². The van der Waals surface area contributed by atoms with Crippen LogP contribution in [-0.4, -0.2) is 26.2 Å². The Hall–Kier alpha value is -3.30. The first-order chi connectivity index (χ1) is 13.0. The zero-order chi connectivity index (χ0) is 18.9. The van der Waals surface area contributed by atoms with Crippen molar-refractivity contribution in [2.24, 2.45) is 10.7 Å². The number of allylic oxidation sites excluding steroid dienone is 1. The molecular weight excluding hydrogens is 366 g/mol. The molecule has 7 N–H and O–H groups in total. The Labute approximate surface area is 160 Å². The molecule has 138 valence electrons. The van der Waals surface area contributed by atoms with Gasteiger partial charge in [-0.3, -0.25) is 15.5 Å². The Morgan fingerprint density at radius 3 is 2.78 bits per heavy atom. The average molecular weight is 384 g/mol. The van der Waals surface area contributed by atoms with Crippen molar-refractivity contribution in [1.82, 2.24) is 25.3 Å². The van der Waals surface area contributed by atoms with Gasteiger partial charge in [-0.25, -0.2) is 4.99 Å². The van der Waals surface area contributed by atoms with Crippen molar-refractivity contribution < 1.29 is 0 Å². The van der Waals surface area contributed by atoms with Crippen molar-refractivity contribution in [3.63, 3.8) is 0 Å². The fraction of sp³-hybridized carbons (Fsp3) is 0.118. The van der Waals surface area contributed by atoms with E-state index >= 15 is 0 Å². The van der Waals surface area contributed by atoms with Crippen LogP contribution in [0.2, 0.25) is 0 Å². The fourth-order valence-corrected chi connectivity index (χ4v) is 2.81. The van der Waals surface area contributed by atoms with Crippen LogP contribution in [-0.2, 0) is 12.3 Å². The third-order valence-corrected chi connectivity index (χ3v) is 4.39. The number of benzene rings is 1. The number of aliphatic imine (C=N–C) groups is 1. The van der Waals surface area contributed by atoms with Crippen LogP contribution in [0.4, 0.5) is 11.4 Å². The number of nitrogens with one attached hydrogen (secondary N) is 3. The van der Waals surface area contributed by atoms with Gasteiger partial charge in [-0.05, 0) is 17.7 Å². The van der Waals surface area contributed by atoms with E-state index in [9.17, 15) is 0 Å². The third kappa shape index (κ3) is 3.64. The molecule has 0 saturated heterocycles. The highest BCUT2D eigenvalue weighted by Crippen LogP contribution is 2.24. The van der Waals surface area contributed by atoms with E-state index in [1.807, 2.05) is 30.5 Å². The van der Waals surface area contributed by atoms with Crippen LogP contribution in [0.15, 0.2) is 64.9 Å². The predicted octanol–water partition coefficient (Wildman–Crippen LogP) is 1.50. The molecule has 27 heavy (non-hydrogen) atoms. The van der Waals surface area contributed by atoms with E-state index in [-0.39, 0.29) is 0 Å². The Kier molecular flexibility index (Phi) is 4.30. The number of nitrogen functional groups attached to an aromatic ring is 1. The molecule has 0 fully saturated rings. The molecule has 4 rings (SSSR count). The van der Waals surface area contributed by atoms with Gasteiger partial charge in [0.05, 0.1) is 35.2 Å². The molecule has 0 spiro atoms. The van der Waals surface area contributed by atoms with Crippen LogP contribution in [0.1, 0.15) is 11.1 Å². The van der Waals surface area contributed by atoms with Crippen LogP contribution in [0, 0.1) is 0 Å². The third-order valence-electron chi connectivity index (χ3n) is 4.10. The van der Waals surface area contributed by atoms with Crippen molar-refractivity contribution in [3.05, 3.63) is 71.0 Å². The number of hydrogen-bond acceptors (Lipinski definition) is 7. The summed E-state index contributed by atoms with van der Waals surface area (Å²) in [5.41, 5.74) is 15.4. The lowest BCUT2D eigenvalue weighted by molar-refractivity contribution is 0.397. The SMILES string of the molecule is Nc1ccc(Cn2cc(C3(N)N=CC(Cl)=C(Nc4cn[nH]c4)N3)cn2)cc1. The average Bonchev–Trinajstić information content (AvgIpc) is 3.33. The Bertz CT molecular complexity index is 988. The summed E-state index contributed by atoms with van der Waals surface area (Å²) >= 11 is 6.23. The first kappa shape index (κ1) is 17.1. The maximum Gasteiger partial charge on any atom is 0.213 e. The summed E-state index contributed by atoms with van der Waals surface area (Å²) in [5.74, 6) is -0.661. The Balaban J connectivity index is 1.52. The number of nitrogens with two attached hydrogens (primary N) is 2. The van der Waals surface area contributed by atoms with Crippen LogP contribution in [0.25, 0.3) is 0 Å². The fourth-order valence-electron chi connectivity index (χ4n) is 2.66. The van der Waals surface area contributed by atoms with Crippen LogP contribution in [0.3, 0.4) is 0 Å². The quantitative estimate of drug-likeness (QED) is 0.424. The maximum atomic E-state index is 6.45. The summed E-state index contributed by atoms with van der Waals surface area (Å²) in [6, 6.07) is 7.64. The summed E-state index contributed by atoms with van der Waals surface area (Å²) in [6.45, 7) is 0.594. The van der Waals surface area contributed by atoms with Crippen molar-refractivity contribution in [1.29, 1.82) is 0 Å². The van der Waals surface area contributed by atoms with E-state index in [4.69, 9.17) is 23.1 Å². The molecular formula is C17H18ClN9. The normalized spacial score (nSPS) is 19.2. The standard InChI is InChI=1S/C17H18ClN9/c18-15-8-21-17(20,26-16(15)25-14-6-22-23-7-14)12-5-24-27(10-12)9-11-1-3-13(19)4-2-11/h1-8,10,25-26H,9,19-20H2,(H,22,23). The zero-order valence-corrected chi connectivity index (χ0v) is 15.0. The van der Waals surface area contributed by atoms with E-state index in [1.165, 1.54) is 6.21 Å². The van der Waals surface area contributed by atoms with Crippen LogP contribution < -0.4 is 22.1 Å². The predicted molar refractivity (Wildman–Crippen MR) is 105 cm³/mol. The van der Waals surface area contributed by atoms with Gasteiger partial charge in [0.1, 0.15) is 5.82 Å². The summed E-state index contributed by atoms with van der Waals surface area (Å²) in [5, 5.41) is 17.6. The van der Waals surface area contributed by atoms with E-state index in [0.717, 1.165) is 16.9 Å². The summed E-state index contributed by atoms with van der Waals surface area (Å²) in [7, 11) is 0. The summed E-state index contributed by atoms with van der Waals surface area (Å²) < 4.78 is 1.79. The largest absolute Gasteiger partial charge is 0.399 e. The number of rotatable bonds is 5. The lowest BCUT2D eigenvalue weighted by atomic mass is 10.1. The highest BCUT2D eigenvalue weighted by atomic mass is 35.5. The molecule has 2 aromatic heterocycles. The molecule has 0 amide bonds. The molecule has 1 aliphatic rings. The molecule has 0 radical (unpaired) electrons. The summed E-state index contributed by atoms with van der Waals surface area (Å²) in [6.07, 6.45) is 8.37. The van der Waals surface area contributed by atoms with Gasteiger partial charge < -0.3 is 16.4 Å². The van der Waals surface area contributed by atoms with Crippen molar-refractivity contribution in [2.45, 2.75) is 12.3 Å². The van der Waals surface area contributed by atoms with Gasteiger partial charge in [0.25, 0.3) is 0 Å². The molecule has 0 aliphatic carbocycles. The number of H-pyrrole nitrogens is 1. The molecule has 1 unspecified atom stereocenters. The minimum absolute atomic E-state index is 0.409. The van der Waals surface area contributed by atoms with E-state index in [2.05, 4.69) is 30.9 Å². The number of hydrogen-bond donors (Lipinski definition) is 5. The number of anilines is 2. The molecule has 9 nitrogen and oxygen atoms in total. The maximum absolute atomic E-state index is 6.45. The first-order valence-corrected chi connectivity index (χ1v) is 8.55. The lowest BCUT2D eigenvalue weighted by Gasteiger charge is -2.31. The smallest absolute Gasteiger partial charge is 0.213 e. The molecule has 1 aliphatic heterocycles. The van der Waals surface area contributed by atoms with Gasteiger partial charge >= 0.3 is 0 Å². The minimum Gasteiger partial charge on any atom is -0.399 e. The number of aromatic nitrogens is 4. The van der Waals surface area contributed by atoms with Crippen LogP contribution >= 0.6 is 11.6 Å².